The second-order valence-electron chi connectivity index (χ2n) is 12.0. The molecule has 0 aliphatic rings. The molecular formula is C30H58O2. The average molecular weight is 451 g/mol. The van der Waals surface area contributed by atoms with Crippen LogP contribution in [-0.4, -0.2) is 24.4 Å². The zero-order valence-corrected chi connectivity index (χ0v) is 23.9. The highest BCUT2D eigenvalue weighted by Crippen LogP contribution is 2.32. The van der Waals surface area contributed by atoms with Gasteiger partial charge in [0.15, 0.2) is 0 Å². The van der Waals surface area contributed by atoms with Gasteiger partial charge in [-0.2, -0.15) is 0 Å². The minimum Gasteiger partial charge on any atom is -0.371 e. The van der Waals surface area contributed by atoms with Gasteiger partial charge in [-0.05, 0) is 75.0 Å². The van der Waals surface area contributed by atoms with E-state index in [1.807, 2.05) is 6.08 Å². The van der Waals surface area contributed by atoms with E-state index in [0.29, 0.717) is 42.8 Å². The van der Waals surface area contributed by atoms with Crippen molar-refractivity contribution in [2.75, 3.05) is 13.2 Å². The van der Waals surface area contributed by atoms with E-state index in [4.69, 9.17) is 15.9 Å². The van der Waals surface area contributed by atoms with Gasteiger partial charge in [0.2, 0.25) is 0 Å². The molecule has 0 saturated carbocycles. The van der Waals surface area contributed by atoms with Crippen molar-refractivity contribution in [2.45, 2.75) is 120 Å². The first-order valence-corrected chi connectivity index (χ1v) is 12.9. The van der Waals surface area contributed by atoms with Gasteiger partial charge >= 0.3 is 0 Å². The van der Waals surface area contributed by atoms with E-state index < -0.39 is 0 Å². The van der Waals surface area contributed by atoms with E-state index in [9.17, 15) is 0 Å². The third kappa shape index (κ3) is 16.8. The third-order valence-corrected chi connectivity index (χ3v) is 6.52. The van der Waals surface area contributed by atoms with Gasteiger partial charge in [0, 0.05) is 0 Å². The van der Waals surface area contributed by atoms with Crippen LogP contribution in [0.5, 0.6) is 0 Å². The molecule has 32 heavy (non-hydrogen) atoms. The topological polar surface area (TPSA) is 18.5 Å². The summed E-state index contributed by atoms with van der Waals surface area (Å²) < 4.78 is 11.9. The van der Waals surface area contributed by atoms with Crippen molar-refractivity contribution in [3.8, 4) is 12.3 Å². The fourth-order valence-electron chi connectivity index (χ4n) is 4.44. The van der Waals surface area contributed by atoms with Gasteiger partial charge in [-0.1, -0.05) is 81.2 Å². The molecule has 0 aliphatic heterocycles. The van der Waals surface area contributed by atoms with Crippen LogP contribution in [0.1, 0.15) is 109 Å². The summed E-state index contributed by atoms with van der Waals surface area (Å²) in [5.74, 6) is 6.68. The number of hydrogen-bond donors (Lipinski definition) is 0. The number of rotatable bonds is 15. The molecule has 0 aromatic carbocycles. The fourth-order valence-corrected chi connectivity index (χ4v) is 4.44. The van der Waals surface area contributed by atoms with E-state index in [-0.39, 0.29) is 11.2 Å². The predicted molar refractivity (Wildman–Crippen MR) is 144 cm³/mol. The summed E-state index contributed by atoms with van der Waals surface area (Å²) in [6.45, 7) is 32.0. The monoisotopic (exact) mass is 450 g/mol. The van der Waals surface area contributed by atoms with E-state index in [1.165, 1.54) is 0 Å². The maximum Gasteiger partial charge on any atom is 0.108 e. The van der Waals surface area contributed by atoms with Crippen molar-refractivity contribution in [1.82, 2.24) is 0 Å². The quantitative estimate of drug-likeness (QED) is 0.183. The molecule has 0 radical (unpaired) electrons. The molecule has 0 N–H and O–H groups in total. The summed E-state index contributed by atoms with van der Waals surface area (Å²) in [6, 6.07) is 0. The van der Waals surface area contributed by atoms with Crippen LogP contribution < -0.4 is 0 Å². The summed E-state index contributed by atoms with van der Waals surface area (Å²) in [5, 5.41) is 0. The van der Waals surface area contributed by atoms with Crippen LogP contribution in [-0.2, 0) is 9.47 Å². The molecule has 190 valence electrons. The molecule has 0 heterocycles. The van der Waals surface area contributed by atoms with E-state index in [0.717, 1.165) is 31.6 Å². The zero-order valence-electron chi connectivity index (χ0n) is 23.9. The van der Waals surface area contributed by atoms with E-state index in [1.54, 1.807) is 0 Å². The Balaban J connectivity index is 0. The summed E-state index contributed by atoms with van der Waals surface area (Å²) in [4.78, 5) is 0. The molecule has 0 aliphatic carbocycles. The van der Waals surface area contributed by atoms with Crippen molar-refractivity contribution >= 4 is 0 Å². The Bertz CT molecular complexity index is 513. The lowest BCUT2D eigenvalue weighted by molar-refractivity contribution is -0.0504. The Morgan fingerprint density at radius 2 is 1.09 bits per heavy atom. The molecule has 0 rings (SSSR count). The molecule has 4 atom stereocenters. The number of terminal acetylenes is 1. The molecule has 0 unspecified atom stereocenters. The first kappa shape index (κ1) is 33.4. The lowest BCUT2D eigenvalue weighted by Crippen LogP contribution is -2.34. The maximum atomic E-state index is 5.99. The van der Waals surface area contributed by atoms with Gasteiger partial charge in [0.25, 0.3) is 0 Å². The van der Waals surface area contributed by atoms with Crippen LogP contribution in [0.15, 0.2) is 12.7 Å². The lowest BCUT2D eigenvalue weighted by atomic mass is 9.81. The zero-order chi connectivity index (χ0) is 25.5. The molecule has 0 saturated heterocycles. The molecule has 2 heteroatoms. The second-order valence-corrected chi connectivity index (χ2v) is 12.0. The molecule has 0 amide bonds. The molecule has 0 aromatic rings. The van der Waals surface area contributed by atoms with Gasteiger partial charge in [-0.3, -0.25) is 0 Å². The van der Waals surface area contributed by atoms with Crippen LogP contribution >= 0.6 is 0 Å². The smallest absolute Gasteiger partial charge is 0.108 e. The minimum atomic E-state index is -0.0653. The van der Waals surface area contributed by atoms with Gasteiger partial charge in [0.05, 0.1) is 17.8 Å². The second kappa shape index (κ2) is 16.8. The lowest BCUT2D eigenvalue weighted by Gasteiger charge is -2.35. The van der Waals surface area contributed by atoms with Crippen LogP contribution in [0.3, 0.4) is 0 Å². The molecule has 2 nitrogen and oxygen atoms in total. The molecular weight excluding hydrogens is 392 g/mol. The van der Waals surface area contributed by atoms with Crippen molar-refractivity contribution in [2.24, 2.45) is 35.5 Å². The number of ether oxygens (including phenoxy) is 2. The van der Waals surface area contributed by atoms with Gasteiger partial charge in [-0.15, -0.1) is 13.0 Å². The molecule has 0 spiro atoms. The molecule has 0 bridgehead atoms. The van der Waals surface area contributed by atoms with Gasteiger partial charge in [-0.25, -0.2) is 0 Å². The van der Waals surface area contributed by atoms with Gasteiger partial charge in [0.1, 0.15) is 6.61 Å². The first-order chi connectivity index (χ1) is 14.6. The van der Waals surface area contributed by atoms with Crippen molar-refractivity contribution in [3.05, 3.63) is 12.7 Å². The summed E-state index contributed by atoms with van der Waals surface area (Å²) in [6.07, 6.45) is 11.5. The molecule has 0 aromatic heterocycles. The van der Waals surface area contributed by atoms with Crippen molar-refractivity contribution in [3.63, 3.8) is 0 Å². The Morgan fingerprint density at radius 3 is 1.38 bits per heavy atom. The highest BCUT2D eigenvalue weighted by molar-refractivity contribution is 4.87. The van der Waals surface area contributed by atoms with Crippen molar-refractivity contribution in [1.29, 1.82) is 0 Å². The normalized spacial score (nSPS) is 17.3. The highest BCUT2D eigenvalue weighted by Gasteiger charge is 2.30. The first-order valence-electron chi connectivity index (χ1n) is 12.9. The Labute approximate surface area is 203 Å². The Kier molecular flexibility index (Phi) is 17.5. The average Bonchev–Trinajstić information content (AvgIpc) is 2.63. The summed E-state index contributed by atoms with van der Waals surface area (Å²) in [5.41, 5.74) is -0.0593. The van der Waals surface area contributed by atoms with Crippen LogP contribution in [0.25, 0.3) is 0 Å². The maximum absolute atomic E-state index is 5.99. The van der Waals surface area contributed by atoms with Crippen molar-refractivity contribution < 1.29 is 9.47 Å². The summed E-state index contributed by atoms with van der Waals surface area (Å²) in [7, 11) is 0. The van der Waals surface area contributed by atoms with E-state index >= 15 is 0 Å². The SMILES string of the molecule is C#CCO[C@](C)(CC(C)C)C[C@@H](C)C(C)C.C=CCO[C@](C)(CC(C)C)C[C@@H](C)C(C)C. The largest absolute Gasteiger partial charge is 0.371 e. The Hall–Kier alpha value is -0.780. The van der Waals surface area contributed by atoms with Gasteiger partial charge < -0.3 is 9.47 Å². The third-order valence-electron chi connectivity index (χ3n) is 6.52. The van der Waals surface area contributed by atoms with E-state index in [2.05, 4.69) is 95.6 Å². The Morgan fingerprint density at radius 1 is 0.719 bits per heavy atom. The molecule has 0 fully saturated rings. The van der Waals surface area contributed by atoms with Crippen LogP contribution in [0.4, 0.5) is 0 Å². The van der Waals surface area contributed by atoms with Crippen LogP contribution in [0, 0.1) is 47.9 Å². The fraction of sp³-hybridized carbons (Fsp3) is 0.867. The predicted octanol–water partition coefficient (Wildman–Crippen LogP) is 8.80. The minimum absolute atomic E-state index is 0.00600. The summed E-state index contributed by atoms with van der Waals surface area (Å²) >= 11 is 0. The standard InChI is InChI=1S/C15H30O.C15H28O/c2*1-8-9-16-15(7,10-12(2)3)11-14(6)13(4)5/h8,12-14H,1,9-11H2,2-7H3;1,12-14H,9-11H2,2-7H3/t2*14-,15-/m11/s1. The van der Waals surface area contributed by atoms with Crippen LogP contribution in [0.2, 0.25) is 0 Å². The highest BCUT2D eigenvalue weighted by atomic mass is 16.5. The number of hydrogen-bond acceptors (Lipinski definition) is 2.